The molecule has 3 aromatic rings. The lowest BCUT2D eigenvalue weighted by atomic mass is 9.79. The number of aromatic nitrogens is 1. The average Bonchev–Trinajstić information content (AvgIpc) is 3.81. The molecule has 13 nitrogen and oxygen atoms in total. The minimum absolute atomic E-state index is 0.0130. The molecule has 4 atom stereocenters. The second-order valence-electron chi connectivity index (χ2n) is 16.6. The molecule has 0 saturated carbocycles. The molecule has 1 aromatic heterocycles. The summed E-state index contributed by atoms with van der Waals surface area (Å²) in [6, 6.07) is 13.3. The molecule has 0 aliphatic carbocycles. The topological polar surface area (TPSA) is 158 Å². The predicted molar refractivity (Wildman–Crippen MR) is 216 cm³/mol. The summed E-state index contributed by atoms with van der Waals surface area (Å²) in [5, 5.41) is 16.4. The van der Waals surface area contributed by atoms with Gasteiger partial charge < -0.3 is 44.2 Å². The lowest BCUT2D eigenvalue weighted by Crippen LogP contribution is -2.58. The average molecular weight is 793 g/mol. The van der Waals surface area contributed by atoms with Crippen LogP contribution in [0.5, 0.6) is 5.75 Å². The Balaban J connectivity index is 1.03. The van der Waals surface area contributed by atoms with Crippen molar-refractivity contribution in [3.05, 3.63) is 65.3 Å². The summed E-state index contributed by atoms with van der Waals surface area (Å²) in [5.74, 6) is -0.588. The van der Waals surface area contributed by atoms with Crippen molar-refractivity contribution in [2.24, 2.45) is 5.41 Å². The number of nitrogens with zero attached hydrogens (tertiary/aromatic N) is 2. The van der Waals surface area contributed by atoms with Crippen LogP contribution in [0.4, 0.5) is 0 Å². The van der Waals surface area contributed by atoms with Crippen LogP contribution in [0.1, 0.15) is 79.1 Å². The standard InChI is InChI=1S/C41H57BN4O9S/c1-26(28-10-12-29(13-11-28)35-27(2)43-25-56-35)44-37(49)33-22-31(47)23-46(33)38(50)36(39(3,4)5)45-34(48)24-52-19-18-51-20-21-53-32-16-14-30(15-17-32)42-54-40(6,7)41(8,9)55-42/h10-17,25-26,31,33,36,47H,18-24H2,1-9H3,(H,44,49)(H,45,48)/t26-,31-,33+,36+/m0/s1. The molecular formula is C41H57BN4O9S. The molecule has 0 spiro atoms. The summed E-state index contributed by atoms with van der Waals surface area (Å²) in [4.78, 5) is 47.3. The molecule has 2 saturated heterocycles. The van der Waals surface area contributed by atoms with Gasteiger partial charge in [0.1, 0.15) is 31.0 Å². The van der Waals surface area contributed by atoms with Crippen LogP contribution < -0.4 is 20.8 Å². The number of benzene rings is 2. The summed E-state index contributed by atoms with van der Waals surface area (Å²) in [7, 11) is -0.437. The van der Waals surface area contributed by atoms with Crippen LogP contribution in [0.3, 0.4) is 0 Å². The Hall–Kier alpha value is -3.86. The fourth-order valence-electron chi connectivity index (χ4n) is 6.52. The van der Waals surface area contributed by atoms with Crippen molar-refractivity contribution in [2.45, 2.75) is 104 Å². The number of ether oxygens (including phenoxy) is 3. The Morgan fingerprint density at radius 1 is 0.964 bits per heavy atom. The van der Waals surface area contributed by atoms with Crippen molar-refractivity contribution >= 4 is 41.6 Å². The molecule has 0 bridgehead atoms. The number of aliphatic hydroxyl groups is 1. The molecule has 0 unspecified atom stereocenters. The van der Waals surface area contributed by atoms with E-state index in [2.05, 4.69) is 15.6 Å². The molecule has 2 aromatic carbocycles. The number of β-amino-alcohol motifs (C(OH)–C–C–N with tert-alkyl or cyclic N) is 1. The van der Waals surface area contributed by atoms with Crippen LogP contribution in [-0.2, 0) is 33.2 Å². The molecule has 15 heteroatoms. The Labute approximate surface area is 334 Å². The van der Waals surface area contributed by atoms with E-state index in [1.54, 1.807) is 11.3 Å². The van der Waals surface area contributed by atoms with Gasteiger partial charge in [0.2, 0.25) is 17.7 Å². The molecule has 3 N–H and O–H groups in total. The second kappa shape index (κ2) is 18.2. The third-order valence-corrected chi connectivity index (χ3v) is 11.5. The van der Waals surface area contributed by atoms with Gasteiger partial charge in [0.05, 0.1) is 59.3 Å². The number of nitrogens with one attached hydrogen (secondary N) is 2. The molecule has 5 rings (SSSR count). The monoisotopic (exact) mass is 792 g/mol. The van der Waals surface area contributed by atoms with Gasteiger partial charge in [0, 0.05) is 13.0 Å². The van der Waals surface area contributed by atoms with E-state index in [0.717, 1.165) is 27.2 Å². The third kappa shape index (κ3) is 10.7. The number of aliphatic hydroxyl groups excluding tert-OH is 1. The van der Waals surface area contributed by atoms with E-state index in [9.17, 15) is 19.5 Å². The number of aryl methyl sites for hydroxylation is 1. The number of hydrogen-bond donors (Lipinski definition) is 3. The Kier molecular flexibility index (Phi) is 14.0. The van der Waals surface area contributed by atoms with E-state index >= 15 is 0 Å². The van der Waals surface area contributed by atoms with Crippen LogP contribution in [0, 0.1) is 12.3 Å². The van der Waals surface area contributed by atoms with Gasteiger partial charge in [-0.25, -0.2) is 4.98 Å². The van der Waals surface area contributed by atoms with Crippen molar-refractivity contribution in [2.75, 3.05) is 39.6 Å². The van der Waals surface area contributed by atoms with Crippen molar-refractivity contribution in [3.63, 3.8) is 0 Å². The molecule has 304 valence electrons. The van der Waals surface area contributed by atoms with Crippen LogP contribution in [-0.4, -0.2) is 109 Å². The Morgan fingerprint density at radius 3 is 2.20 bits per heavy atom. The lowest BCUT2D eigenvalue weighted by Gasteiger charge is -2.35. The van der Waals surface area contributed by atoms with E-state index in [1.807, 2.05) is 116 Å². The Morgan fingerprint density at radius 2 is 1.59 bits per heavy atom. The second-order valence-corrected chi connectivity index (χ2v) is 17.4. The number of rotatable bonds is 16. The first-order chi connectivity index (χ1) is 26.4. The number of hydrogen-bond acceptors (Lipinski definition) is 11. The largest absolute Gasteiger partial charge is 0.494 e. The van der Waals surface area contributed by atoms with Gasteiger partial charge in [0.15, 0.2) is 0 Å². The summed E-state index contributed by atoms with van der Waals surface area (Å²) in [5.41, 5.74) is 4.14. The summed E-state index contributed by atoms with van der Waals surface area (Å²) < 4.78 is 29.1. The van der Waals surface area contributed by atoms with Gasteiger partial charge in [-0.2, -0.15) is 0 Å². The van der Waals surface area contributed by atoms with Crippen LogP contribution in [0.15, 0.2) is 54.0 Å². The first-order valence-corrected chi connectivity index (χ1v) is 20.1. The first kappa shape index (κ1) is 43.3. The van der Waals surface area contributed by atoms with Crippen LogP contribution >= 0.6 is 11.3 Å². The summed E-state index contributed by atoms with van der Waals surface area (Å²) in [6.45, 7) is 18.2. The Bertz CT molecular complexity index is 1780. The highest BCUT2D eigenvalue weighted by atomic mass is 32.1. The first-order valence-electron chi connectivity index (χ1n) is 19.2. The molecule has 3 amide bonds. The van der Waals surface area contributed by atoms with Crippen LogP contribution in [0.2, 0.25) is 0 Å². The van der Waals surface area contributed by atoms with E-state index in [0.29, 0.717) is 19.0 Å². The quantitative estimate of drug-likeness (QED) is 0.142. The number of amides is 3. The zero-order valence-corrected chi connectivity index (χ0v) is 34.9. The highest BCUT2D eigenvalue weighted by Gasteiger charge is 2.51. The number of carbonyl (C=O) groups excluding carboxylic acids is 3. The minimum atomic E-state index is -0.960. The maximum atomic E-state index is 14.0. The highest BCUT2D eigenvalue weighted by Crippen LogP contribution is 2.36. The maximum absolute atomic E-state index is 14.0. The minimum Gasteiger partial charge on any atom is -0.491 e. The molecule has 0 radical (unpaired) electrons. The highest BCUT2D eigenvalue weighted by molar-refractivity contribution is 7.13. The molecule has 2 aliphatic rings. The van der Waals surface area contributed by atoms with Crippen molar-refractivity contribution in [3.8, 4) is 16.2 Å². The maximum Gasteiger partial charge on any atom is 0.494 e. The number of likely N-dealkylation sites (tertiary alicyclic amines) is 1. The van der Waals surface area contributed by atoms with E-state index < -0.39 is 53.7 Å². The molecule has 2 fully saturated rings. The van der Waals surface area contributed by atoms with Gasteiger partial charge in [-0.1, -0.05) is 57.2 Å². The normalized spacial score (nSPS) is 20.1. The summed E-state index contributed by atoms with van der Waals surface area (Å²) in [6.07, 6.45) is -0.772. The van der Waals surface area contributed by atoms with Gasteiger partial charge >= 0.3 is 7.12 Å². The fraction of sp³-hybridized carbons (Fsp3) is 0.561. The summed E-state index contributed by atoms with van der Waals surface area (Å²) >= 11 is 1.58. The van der Waals surface area contributed by atoms with Gasteiger partial charge in [-0.3, -0.25) is 14.4 Å². The number of carbonyl (C=O) groups is 3. The van der Waals surface area contributed by atoms with Gasteiger partial charge in [0.25, 0.3) is 0 Å². The SMILES string of the molecule is Cc1ncsc1-c1ccc([C@H](C)NC(=O)[C@H]2C[C@H](O)CN2C(=O)[C@@H](NC(=O)COCCOCCOc2ccc(B3OC(C)(C)C(C)(C)O3)cc2)C(C)(C)C)cc1. The van der Waals surface area contributed by atoms with Crippen molar-refractivity contribution in [1.82, 2.24) is 20.5 Å². The van der Waals surface area contributed by atoms with E-state index in [1.165, 1.54) is 4.90 Å². The molecule has 3 heterocycles. The zero-order chi connectivity index (χ0) is 40.8. The molecule has 56 heavy (non-hydrogen) atoms. The predicted octanol–water partition coefficient (Wildman–Crippen LogP) is 4.20. The van der Waals surface area contributed by atoms with Gasteiger partial charge in [-0.15, -0.1) is 11.3 Å². The smallest absolute Gasteiger partial charge is 0.491 e. The van der Waals surface area contributed by atoms with E-state index in [-0.39, 0.29) is 44.7 Å². The third-order valence-electron chi connectivity index (χ3n) is 10.6. The number of thiazole rings is 1. The van der Waals surface area contributed by atoms with E-state index in [4.69, 9.17) is 23.5 Å². The lowest BCUT2D eigenvalue weighted by molar-refractivity contribution is -0.144. The van der Waals surface area contributed by atoms with Crippen molar-refractivity contribution in [1.29, 1.82) is 0 Å². The molecule has 2 aliphatic heterocycles. The fourth-order valence-corrected chi connectivity index (χ4v) is 7.33. The van der Waals surface area contributed by atoms with Crippen LogP contribution in [0.25, 0.3) is 10.4 Å². The molecular weight excluding hydrogens is 735 g/mol. The van der Waals surface area contributed by atoms with Gasteiger partial charge in [-0.05, 0) is 75.7 Å². The zero-order valence-electron chi connectivity index (χ0n) is 34.0. The van der Waals surface area contributed by atoms with Crippen molar-refractivity contribution < 1.29 is 43.0 Å².